The van der Waals surface area contributed by atoms with E-state index in [1.165, 1.54) is 10.4 Å². The average molecular weight is 522 g/mol. The van der Waals surface area contributed by atoms with Crippen LogP contribution in [0, 0.1) is 12.8 Å². The summed E-state index contributed by atoms with van der Waals surface area (Å²) in [4.78, 5) is 24.8. The lowest BCUT2D eigenvalue weighted by atomic mass is 9.99. The summed E-state index contributed by atoms with van der Waals surface area (Å²) in [6.45, 7) is 3.73. The number of carbonyl (C=O) groups is 2. The minimum atomic E-state index is -3.85. The Bertz CT molecular complexity index is 1180. The number of piperidine rings is 1. The van der Waals surface area contributed by atoms with Gasteiger partial charge in [-0.05, 0) is 56.5 Å². The van der Waals surface area contributed by atoms with Crippen molar-refractivity contribution in [3.63, 3.8) is 0 Å². The molecule has 2 heterocycles. The van der Waals surface area contributed by atoms with Crippen LogP contribution >= 0.6 is 15.9 Å². The second-order valence-corrected chi connectivity index (χ2v) is 10.9. The van der Waals surface area contributed by atoms with Gasteiger partial charge < -0.3 is 15.4 Å². The summed E-state index contributed by atoms with van der Waals surface area (Å²) in [6, 6.07) is 10.3. The van der Waals surface area contributed by atoms with Gasteiger partial charge in [-0.3, -0.25) is 9.59 Å². The number of fused-ring (bicyclic) bond motifs is 1. The molecule has 1 fully saturated rings. The normalized spacial score (nSPS) is 21.3. The highest BCUT2D eigenvalue weighted by Crippen LogP contribution is 2.36. The van der Waals surface area contributed by atoms with Crippen molar-refractivity contribution in [3.8, 4) is 5.75 Å². The van der Waals surface area contributed by atoms with Crippen LogP contribution in [-0.4, -0.2) is 43.7 Å². The topological polar surface area (TPSA) is 105 Å². The molecular weight excluding hydrogens is 498 g/mol. The molecule has 0 unspecified atom stereocenters. The molecule has 0 bridgehead atoms. The maximum atomic E-state index is 13.5. The van der Waals surface area contributed by atoms with Crippen molar-refractivity contribution in [1.29, 1.82) is 0 Å². The van der Waals surface area contributed by atoms with Gasteiger partial charge >= 0.3 is 0 Å². The molecule has 1 saturated heterocycles. The molecule has 0 spiro atoms. The third-order valence-corrected chi connectivity index (χ3v) is 8.17. The third-order valence-electron chi connectivity index (χ3n) is 5.67. The molecule has 0 aromatic heterocycles. The van der Waals surface area contributed by atoms with Crippen molar-refractivity contribution in [2.24, 2.45) is 5.92 Å². The van der Waals surface area contributed by atoms with Crippen molar-refractivity contribution < 1.29 is 22.7 Å². The zero-order valence-electron chi connectivity index (χ0n) is 17.7. The van der Waals surface area contributed by atoms with E-state index in [1.807, 2.05) is 12.1 Å². The number of hydrogen-bond acceptors (Lipinski definition) is 5. The molecule has 2 aliphatic heterocycles. The third kappa shape index (κ3) is 4.53. The summed E-state index contributed by atoms with van der Waals surface area (Å²) in [6.07, 6.45) is 0.493. The number of aryl methyl sites for hydroxylation is 1. The van der Waals surface area contributed by atoms with Crippen LogP contribution in [0.1, 0.15) is 25.3 Å². The predicted molar refractivity (Wildman–Crippen MR) is 124 cm³/mol. The molecule has 2 aliphatic rings. The van der Waals surface area contributed by atoms with Crippen molar-refractivity contribution in [2.75, 3.05) is 23.7 Å². The van der Waals surface area contributed by atoms with E-state index in [0.717, 1.165) is 4.47 Å². The van der Waals surface area contributed by atoms with E-state index >= 15 is 0 Å². The number of amides is 2. The highest BCUT2D eigenvalue weighted by Gasteiger charge is 2.35. The number of halogens is 1. The smallest absolute Gasteiger partial charge is 0.265 e. The lowest BCUT2D eigenvalue weighted by Gasteiger charge is -2.32. The number of carbonyl (C=O) groups excluding carboxylic acids is 2. The second-order valence-electron chi connectivity index (χ2n) is 8.06. The standard InChI is InChI=1S/C22H24BrN3O5S/c1-13-9-18-19(31-14(2)21(27)25-18)11-20(13)32(29,30)26-8-4-5-15(12-26)22(28)24-17-7-3-6-16(23)10-17/h3,6-7,9-11,14-15H,4-5,8,12H2,1-2H3,(H,24,28)(H,25,27)/t14-,15+/m0/s1. The Morgan fingerprint density at radius 3 is 2.81 bits per heavy atom. The molecule has 2 N–H and O–H groups in total. The Hall–Kier alpha value is -2.43. The summed E-state index contributed by atoms with van der Waals surface area (Å²) in [5.74, 6) is -0.610. The summed E-state index contributed by atoms with van der Waals surface area (Å²) in [5.41, 5.74) is 1.61. The fraction of sp³-hybridized carbons (Fsp3) is 0.364. The van der Waals surface area contributed by atoms with Gasteiger partial charge in [0, 0.05) is 29.3 Å². The van der Waals surface area contributed by atoms with Gasteiger partial charge in [-0.1, -0.05) is 22.0 Å². The molecule has 0 radical (unpaired) electrons. The zero-order valence-corrected chi connectivity index (χ0v) is 20.1. The summed E-state index contributed by atoms with van der Waals surface area (Å²) < 4.78 is 34.7. The molecule has 10 heteroatoms. The molecule has 2 atom stereocenters. The lowest BCUT2D eigenvalue weighted by molar-refractivity contribution is -0.123. The number of anilines is 2. The highest BCUT2D eigenvalue weighted by atomic mass is 79.9. The molecule has 0 saturated carbocycles. The van der Waals surface area contributed by atoms with Crippen LogP contribution in [0.4, 0.5) is 11.4 Å². The van der Waals surface area contributed by atoms with Gasteiger partial charge in [0.05, 0.1) is 16.5 Å². The van der Waals surface area contributed by atoms with Gasteiger partial charge in [-0.25, -0.2) is 8.42 Å². The first-order valence-electron chi connectivity index (χ1n) is 10.3. The van der Waals surface area contributed by atoms with E-state index in [-0.39, 0.29) is 23.3 Å². The fourth-order valence-corrected chi connectivity index (χ4v) is 6.09. The zero-order chi connectivity index (χ0) is 23.0. The Kier molecular flexibility index (Phi) is 6.28. The van der Waals surface area contributed by atoms with E-state index in [1.54, 1.807) is 32.0 Å². The summed E-state index contributed by atoms with van der Waals surface area (Å²) in [5, 5.41) is 5.60. The van der Waals surface area contributed by atoms with Crippen LogP contribution in [0.5, 0.6) is 5.75 Å². The van der Waals surface area contributed by atoms with Crippen LogP contribution < -0.4 is 15.4 Å². The number of benzene rings is 2. The number of sulfonamides is 1. The second kappa shape index (κ2) is 8.84. The summed E-state index contributed by atoms with van der Waals surface area (Å²) in [7, 11) is -3.85. The average Bonchev–Trinajstić information content (AvgIpc) is 2.74. The van der Waals surface area contributed by atoms with Crippen LogP contribution in [0.3, 0.4) is 0 Å². The van der Waals surface area contributed by atoms with E-state index in [2.05, 4.69) is 26.6 Å². The number of hydrogen-bond donors (Lipinski definition) is 2. The van der Waals surface area contributed by atoms with Crippen LogP contribution in [-0.2, 0) is 19.6 Å². The van der Waals surface area contributed by atoms with Gasteiger partial charge in [-0.15, -0.1) is 0 Å². The Labute approximate surface area is 195 Å². The fourth-order valence-electron chi connectivity index (χ4n) is 3.95. The highest BCUT2D eigenvalue weighted by molar-refractivity contribution is 9.10. The lowest BCUT2D eigenvalue weighted by Crippen LogP contribution is -2.44. The molecule has 2 aromatic rings. The van der Waals surface area contributed by atoms with E-state index in [0.29, 0.717) is 42.1 Å². The SMILES string of the molecule is Cc1cc2c(cc1S(=O)(=O)N1CCC[C@@H](C(=O)Nc3cccc(Br)c3)C1)O[C@@H](C)C(=O)N2. The molecular formula is C22H24BrN3O5S. The summed E-state index contributed by atoms with van der Waals surface area (Å²) >= 11 is 3.38. The predicted octanol–water partition coefficient (Wildman–Crippen LogP) is 3.52. The molecule has 2 aromatic carbocycles. The minimum Gasteiger partial charge on any atom is -0.479 e. The van der Waals surface area contributed by atoms with E-state index in [9.17, 15) is 18.0 Å². The first-order chi connectivity index (χ1) is 15.1. The molecule has 4 rings (SSSR count). The maximum absolute atomic E-state index is 13.5. The van der Waals surface area contributed by atoms with Gasteiger partial charge in [0.25, 0.3) is 5.91 Å². The molecule has 8 nitrogen and oxygen atoms in total. The first kappa shape index (κ1) is 22.8. The first-order valence-corrected chi connectivity index (χ1v) is 12.6. The monoisotopic (exact) mass is 521 g/mol. The van der Waals surface area contributed by atoms with Crippen molar-refractivity contribution in [2.45, 2.75) is 37.7 Å². The molecule has 0 aliphatic carbocycles. The van der Waals surface area contributed by atoms with Gasteiger partial charge in [0.1, 0.15) is 5.75 Å². The number of nitrogens with one attached hydrogen (secondary N) is 2. The van der Waals surface area contributed by atoms with Crippen LogP contribution in [0.15, 0.2) is 45.8 Å². The Balaban J connectivity index is 1.54. The van der Waals surface area contributed by atoms with Gasteiger partial charge in [-0.2, -0.15) is 4.31 Å². The minimum absolute atomic E-state index is 0.104. The number of nitrogens with zero attached hydrogens (tertiary/aromatic N) is 1. The van der Waals surface area contributed by atoms with Gasteiger partial charge in [0.15, 0.2) is 6.10 Å². The quantitative estimate of drug-likeness (QED) is 0.640. The molecule has 170 valence electrons. The maximum Gasteiger partial charge on any atom is 0.265 e. The van der Waals surface area contributed by atoms with Crippen molar-refractivity contribution in [3.05, 3.63) is 46.4 Å². The van der Waals surface area contributed by atoms with Crippen molar-refractivity contribution >= 4 is 49.1 Å². The van der Waals surface area contributed by atoms with E-state index < -0.39 is 22.0 Å². The van der Waals surface area contributed by atoms with Crippen LogP contribution in [0.25, 0.3) is 0 Å². The Morgan fingerprint density at radius 1 is 1.28 bits per heavy atom. The number of rotatable bonds is 4. The van der Waals surface area contributed by atoms with Crippen LogP contribution in [0.2, 0.25) is 0 Å². The Morgan fingerprint density at radius 2 is 2.06 bits per heavy atom. The molecule has 32 heavy (non-hydrogen) atoms. The van der Waals surface area contributed by atoms with Gasteiger partial charge in [0.2, 0.25) is 15.9 Å². The van der Waals surface area contributed by atoms with Crippen molar-refractivity contribution in [1.82, 2.24) is 4.31 Å². The largest absolute Gasteiger partial charge is 0.479 e. The number of ether oxygens (including phenoxy) is 1. The van der Waals surface area contributed by atoms with E-state index in [4.69, 9.17) is 4.74 Å². The molecule has 2 amide bonds.